The van der Waals surface area contributed by atoms with Crippen LogP contribution in [0.2, 0.25) is 0 Å². The van der Waals surface area contributed by atoms with Crippen LogP contribution >= 0.6 is 0 Å². The second-order valence-electron chi connectivity index (χ2n) is 5.25. The van der Waals surface area contributed by atoms with Gasteiger partial charge in [-0.3, -0.25) is 4.18 Å². The fourth-order valence-corrected chi connectivity index (χ4v) is 2.84. The largest absolute Gasteiger partial charge is 0.396 e. The molecular formula is C14H22O4S. The molecule has 0 bridgehead atoms. The molecule has 0 spiro atoms. The summed E-state index contributed by atoms with van der Waals surface area (Å²) in [5.41, 5.74) is 0.470. The molecule has 0 aromatic heterocycles. The van der Waals surface area contributed by atoms with E-state index in [-0.39, 0.29) is 18.1 Å². The maximum Gasteiger partial charge on any atom is 0.296 e. The molecule has 1 rings (SSSR count). The van der Waals surface area contributed by atoms with Gasteiger partial charge in [-0.1, -0.05) is 38.0 Å². The van der Waals surface area contributed by atoms with Gasteiger partial charge in [-0.2, -0.15) is 8.42 Å². The molecule has 1 N–H and O–H groups in total. The third kappa shape index (κ3) is 4.60. The standard InChI is InChI=1S/C14H22O4S/c1-4-9-14(3,10-15)11-18-19(16,17)13-7-5-12(2)6-8-13/h5-8,15H,4,9-11H2,1-3H3/t14-/m0/s1. The van der Waals surface area contributed by atoms with Crippen LogP contribution < -0.4 is 0 Å². The molecule has 0 heterocycles. The number of hydrogen-bond donors (Lipinski definition) is 1. The Balaban J connectivity index is 2.78. The van der Waals surface area contributed by atoms with Crippen molar-refractivity contribution in [3.63, 3.8) is 0 Å². The number of aryl methyl sites for hydroxylation is 1. The second kappa shape index (κ2) is 6.50. The molecule has 19 heavy (non-hydrogen) atoms. The Kier molecular flexibility index (Phi) is 5.52. The lowest BCUT2D eigenvalue weighted by Crippen LogP contribution is -2.29. The number of aliphatic hydroxyl groups is 1. The molecule has 0 aliphatic rings. The monoisotopic (exact) mass is 286 g/mol. The summed E-state index contributed by atoms with van der Waals surface area (Å²) in [5.74, 6) is 0. The molecule has 5 heteroatoms. The van der Waals surface area contributed by atoms with Gasteiger partial charge >= 0.3 is 0 Å². The summed E-state index contributed by atoms with van der Waals surface area (Å²) in [5, 5.41) is 9.35. The Morgan fingerprint density at radius 1 is 1.26 bits per heavy atom. The summed E-state index contributed by atoms with van der Waals surface area (Å²) in [6.45, 7) is 5.60. The summed E-state index contributed by atoms with van der Waals surface area (Å²) in [4.78, 5) is 0.148. The molecular weight excluding hydrogens is 264 g/mol. The lowest BCUT2D eigenvalue weighted by molar-refractivity contribution is 0.0764. The minimum Gasteiger partial charge on any atom is -0.396 e. The summed E-state index contributed by atoms with van der Waals surface area (Å²) in [6, 6.07) is 6.52. The first kappa shape index (κ1) is 16.1. The van der Waals surface area contributed by atoms with Gasteiger partial charge in [-0.25, -0.2) is 0 Å². The molecule has 4 nitrogen and oxygen atoms in total. The van der Waals surface area contributed by atoms with Crippen LogP contribution in [0.1, 0.15) is 32.3 Å². The third-order valence-electron chi connectivity index (χ3n) is 3.11. The van der Waals surface area contributed by atoms with Gasteiger partial charge in [0.2, 0.25) is 0 Å². The van der Waals surface area contributed by atoms with E-state index >= 15 is 0 Å². The first-order chi connectivity index (χ1) is 8.83. The van der Waals surface area contributed by atoms with Crippen LogP contribution in [0.15, 0.2) is 29.2 Å². The van der Waals surface area contributed by atoms with Crippen LogP contribution in [0.3, 0.4) is 0 Å². The Labute approximate surface area is 115 Å². The van der Waals surface area contributed by atoms with E-state index in [0.29, 0.717) is 6.42 Å². The van der Waals surface area contributed by atoms with Crippen LogP contribution in [0.4, 0.5) is 0 Å². The van der Waals surface area contributed by atoms with E-state index in [1.54, 1.807) is 12.1 Å². The number of hydrogen-bond acceptors (Lipinski definition) is 4. The van der Waals surface area contributed by atoms with Crippen LogP contribution in [-0.2, 0) is 14.3 Å². The summed E-state index contributed by atoms with van der Waals surface area (Å²) >= 11 is 0. The van der Waals surface area contributed by atoms with Crippen molar-refractivity contribution in [1.82, 2.24) is 0 Å². The fourth-order valence-electron chi connectivity index (χ4n) is 1.79. The van der Waals surface area contributed by atoms with E-state index in [1.165, 1.54) is 12.1 Å². The molecule has 0 saturated carbocycles. The second-order valence-corrected chi connectivity index (χ2v) is 6.86. The van der Waals surface area contributed by atoms with Crippen molar-refractivity contribution in [2.24, 2.45) is 5.41 Å². The quantitative estimate of drug-likeness (QED) is 0.782. The molecule has 1 aromatic carbocycles. The smallest absolute Gasteiger partial charge is 0.296 e. The van der Waals surface area contributed by atoms with Gasteiger partial charge in [0.05, 0.1) is 18.1 Å². The van der Waals surface area contributed by atoms with E-state index in [2.05, 4.69) is 0 Å². The highest BCUT2D eigenvalue weighted by Crippen LogP contribution is 2.25. The topological polar surface area (TPSA) is 63.6 Å². The first-order valence-electron chi connectivity index (χ1n) is 6.40. The minimum absolute atomic E-state index is 0.00640. The molecule has 0 aliphatic carbocycles. The maximum atomic E-state index is 12.0. The van der Waals surface area contributed by atoms with E-state index in [0.717, 1.165) is 12.0 Å². The van der Waals surface area contributed by atoms with Crippen molar-refractivity contribution in [3.05, 3.63) is 29.8 Å². The van der Waals surface area contributed by atoms with E-state index in [4.69, 9.17) is 4.18 Å². The van der Waals surface area contributed by atoms with E-state index < -0.39 is 15.5 Å². The maximum absolute atomic E-state index is 12.0. The third-order valence-corrected chi connectivity index (χ3v) is 4.39. The number of benzene rings is 1. The molecule has 0 amide bonds. The van der Waals surface area contributed by atoms with Crippen molar-refractivity contribution < 1.29 is 17.7 Å². The van der Waals surface area contributed by atoms with Gasteiger partial charge in [0.15, 0.2) is 0 Å². The Morgan fingerprint density at radius 3 is 2.32 bits per heavy atom. The van der Waals surface area contributed by atoms with E-state index in [9.17, 15) is 13.5 Å². The van der Waals surface area contributed by atoms with Gasteiger partial charge in [0.25, 0.3) is 10.1 Å². The van der Waals surface area contributed by atoms with Gasteiger partial charge in [0, 0.05) is 5.41 Å². The molecule has 0 aliphatic heterocycles. The molecule has 0 radical (unpaired) electrons. The van der Waals surface area contributed by atoms with Crippen molar-refractivity contribution in [3.8, 4) is 0 Å². The van der Waals surface area contributed by atoms with Crippen LogP contribution in [-0.4, -0.2) is 26.7 Å². The van der Waals surface area contributed by atoms with Crippen molar-refractivity contribution in [2.75, 3.05) is 13.2 Å². The Bertz CT molecular complexity index is 493. The predicted molar refractivity (Wildman–Crippen MR) is 74.4 cm³/mol. The molecule has 108 valence electrons. The minimum atomic E-state index is -3.75. The summed E-state index contributed by atoms with van der Waals surface area (Å²) in [7, 11) is -3.75. The van der Waals surface area contributed by atoms with Gasteiger partial charge in [0.1, 0.15) is 0 Å². The Morgan fingerprint density at radius 2 is 1.84 bits per heavy atom. The number of aliphatic hydroxyl groups excluding tert-OH is 1. The summed E-state index contributed by atoms with van der Waals surface area (Å²) in [6.07, 6.45) is 1.58. The van der Waals surface area contributed by atoms with Gasteiger partial charge in [-0.15, -0.1) is 0 Å². The molecule has 0 saturated heterocycles. The lowest BCUT2D eigenvalue weighted by atomic mass is 9.88. The number of rotatable bonds is 7. The normalized spacial score (nSPS) is 15.2. The predicted octanol–water partition coefficient (Wildman–Crippen LogP) is 2.50. The zero-order chi connectivity index (χ0) is 14.5. The zero-order valence-electron chi connectivity index (χ0n) is 11.7. The molecule has 1 atom stereocenters. The first-order valence-corrected chi connectivity index (χ1v) is 7.81. The average Bonchev–Trinajstić information content (AvgIpc) is 2.37. The van der Waals surface area contributed by atoms with Gasteiger partial charge < -0.3 is 5.11 Å². The molecule has 1 aromatic rings. The van der Waals surface area contributed by atoms with Crippen molar-refractivity contribution in [1.29, 1.82) is 0 Å². The highest BCUT2D eigenvalue weighted by molar-refractivity contribution is 7.86. The van der Waals surface area contributed by atoms with E-state index in [1.807, 2.05) is 20.8 Å². The zero-order valence-corrected chi connectivity index (χ0v) is 12.5. The SMILES string of the molecule is CCC[C@@](C)(CO)COS(=O)(=O)c1ccc(C)cc1. The summed E-state index contributed by atoms with van der Waals surface area (Å²) < 4.78 is 29.1. The van der Waals surface area contributed by atoms with Crippen LogP contribution in [0, 0.1) is 12.3 Å². The fraction of sp³-hybridized carbons (Fsp3) is 0.571. The lowest BCUT2D eigenvalue weighted by Gasteiger charge is -2.25. The molecule has 0 fully saturated rings. The van der Waals surface area contributed by atoms with Crippen LogP contribution in [0.25, 0.3) is 0 Å². The molecule has 0 unspecified atom stereocenters. The van der Waals surface area contributed by atoms with Gasteiger partial charge in [-0.05, 0) is 25.5 Å². The Hall–Kier alpha value is -0.910. The van der Waals surface area contributed by atoms with Crippen molar-refractivity contribution >= 4 is 10.1 Å². The van der Waals surface area contributed by atoms with Crippen LogP contribution in [0.5, 0.6) is 0 Å². The highest BCUT2D eigenvalue weighted by atomic mass is 32.2. The van der Waals surface area contributed by atoms with Crippen molar-refractivity contribution in [2.45, 2.75) is 38.5 Å². The highest BCUT2D eigenvalue weighted by Gasteiger charge is 2.26. The average molecular weight is 286 g/mol.